The number of phenolic OH excluding ortho intramolecular Hbond substituents is 1. The van der Waals surface area contributed by atoms with Gasteiger partial charge in [-0.05, 0) is 58.2 Å². The minimum absolute atomic E-state index is 0.00241. The number of unbranched alkanes of at least 4 members (excludes halogenated alkanes) is 2. The molecule has 0 heterocycles. The van der Waals surface area contributed by atoms with E-state index in [2.05, 4.69) is 10.1 Å². The van der Waals surface area contributed by atoms with Gasteiger partial charge in [-0.2, -0.15) is 0 Å². The number of aromatic hydroxyl groups is 1. The fraction of sp³-hybridized carbons (Fsp3) is 0.579. The molecule has 1 aromatic rings. The molecule has 1 rings (SSSR count). The lowest BCUT2D eigenvalue weighted by Gasteiger charge is -2.19. The Bertz CT molecular complexity index is 578. The molecule has 0 aliphatic rings. The van der Waals surface area contributed by atoms with Gasteiger partial charge in [0.15, 0.2) is 0 Å². The summed E-state index contributed by atoms with van der Waals surface area (Å²) in [6.45, 7) is 6.47. The summed E-state index contributed by atoms with van der Waals surface area (Å²) >= 11 is 0. The highest BCUT2D eigenvalue weighted by Gasteiger charge is 2.15. The van der Waals surface area contributed by atoms with E-state index in [1.165, 1.54) is 7.11 Å². The molecule has 6 heteroatoms. The number of aryl methyl sites for hydroxylation is 1. The van der Waals surface area contributed by atoms with Gasteiger partial charge in [0.05, 0.1) is 13.7 Å². The highest BCUT2D eigenvalue weighted by Crippen LogP contribution is 2.24. The summed E-state index contributed by atoms with van der Waals surface area (Å²) in [7, 11) is 1.29. The van der Waals surface area contributed by atoms with Crippen LogP contribution in [-0.4, -0.2) is 42.8 Å². The van der Waals surface area contributed by atoms with Gasteiger partial charge in [-0.1, -0.05) is 18.6 Å². The number of methoxy groups -OCH3 is 1. The molecule has 0 saturated carbocycles. The quantitative estimate of drug-likeness (QED) is 0.526. The second-order valence-corrected chi connectivity index (χ2v) is 6.88. The van der Waals surface area contributed by atoms with E-state index in [9.17, 15) is 14.7 Å². The number of carbonyl (C=O) groups is 2. The smallest absolute Gasteiger partial charge is 0.341 e. The number of rotatable bonds is 9. The van der Waals surface area contributed by atoms with Crippen molar-refractivity contribution in [3.05, 3.63) is 29.3 Å². The van der Waals surface area contributed by atoms with Crippen molar-refractivity contribution in [1.82, 2.24) is 5.32 Å². The number of ether oxygens (including phenoxy) is 2. The molecular formula is C19H29NO5. The average Bonchev–Trinajstić information content (AvgIpc) is 2.53. The molecule has 0 bridgehead atoms. The Balaban J connectivity index is 2.24. The lowest BCUT2D eigenvalue weighted by Crippen LogP contribution is -2.31. The molecule has 1 aromatic carbocycles. The highest BCUT2D eigenvalue weighted by atomic mass is 16.6. The summed E-state index contributed by atoms with van der Waals surface area (Å²) in [5, 5.41) is 13.2. The molecule has 0 radical (unpaired) electrons. The molecule has 0 aliphatic heterocycles. The lowest BCUT2D eigenvalue weighted by atomic mass is 10.0. The van der Waals surface area contributed by atoms with Crippen molar-refractivity contribution < 1.29 is 24.2 Å². The molecule has 0 aliphatic carbocycles. The van der Waals surface area contributed by atoms with Crippen molar-refractivity contribution in [3.63, 3.8) is 0 Å². The third-order valence-corrected chi connectivity index (χ3v) is 3.51. The monoisotopic (exact) mass is 351 g/mol. The third kappa shape index (κ3) is 8.03. The van der Waals surface area contributed by atoms with E-state index in [4.69, 9.17) is 4.74 Å². The first-order chi connectivity index (χ1) is 11.7. The molecular weight excluding hydrogens is 322 g/mol. The molecule has 25 heavy (non-hydrogen) atoms. The summed E-state index contributed by atoms with van der Waals surface area (Å²) in [5.41, 5.74) is 0.475. The van der Waals surface area contributed by atoms with Crippen LogP contribution >= 0.6 is 0 Å². The average molecular weight is 351 g/mol. The van der Waals surface area contributed by atoms with Crippen LogP contribution in [0.5, 0.6) is 5.75 Å². The summed E-state index contributed by atoms with van der Waals surface area (Å²) in [4.78, 5) is 23.1. The summed E-state index contributed by atoms with van der Waals surface area (Å²) in [6.07, 6.45) is 3.43. The number of phenols is 1. The van der Waals surface area contributed by atoms with Crippen molar-refractivity contribution in [2.75, 3.05) is 20.2 Å². The summed E-state index contributed by atoms with van der Waals surface area (Å²) < 4.78 is 9.86. The van der Waals surface area contributed by atoms with E-state index >= 15 is 0 Å². The van der Waals surface area contributed by atoms with Crippen LogP contribution in [-0.2, 0) is 20.7 Å². The second-order valence-electron chi connectivity index (χ2n) is 6.88. The molecule has 0 atom stereocenters. The molecule has 0 spiro atoms. The summed E-state index contributed by atoms with van der Waals surface area (Å²) in [5.74, 6) is -0.792. The fourth-order valence-corrected chi connectivity index (χ4v) is 2.38. The SMILES string of the molecule is COC(=O)c1cccc(CCCCCNCC(=O)OC(C)(C)C)c1O. The molecule has 0 fully saturated rings. The summed E-state index contributed by atoms with van der Waals surface area (Å²) in [6, 6.07) is 5.09. The van der Waals surface area contributed by atoms with Gasteiger partial charge in [0.25, 0.3) is 0 Å². The van der Waals surface area contributed by atoms with Gasteiger partial charge in [-0.25, -0.2) is 4.79 Å². The van der Waals surface area contributed by atoms with Crippen LogP contribution in [0.15, 0.2) is 18.2 Å². The second kappa shape index (κ2) is 10.0. The van der Waals surface area contributed by atoms with E-state index < -0.39 is 11.6 Å². The zero-order valence-corrected chi connectivity index (χ0v) is 15.6. The number of benzene rings is 1. The van der Waals surface area contributed by atoms with E-state index in [-0.39, 0.29) is 23.8 Å². The van der Waals surface area contributed by atoms with Gasteiger partial charge in [-0.3, -0.25) is 4.79 Å². The first kappa shape index (κ1) is 21.0. The Hall–Kier alpha value is -2.08. The van der Waals surface area contributed by atoms with E-state index in [1.807, 2.05) is 26.8 Å². The Labute approximate surface area is 149 Å². The number of hydrogen-bond acceptors (Lipinski definition) is 6. The fourth-order valence-electron chi connectivity index (χ4n) is 2.38. The maximum absolute atomic E-state index is 11.5. The maximum Gasteiger partial charge on any atom is 0.341 e. The van der Waals surface area contributed by atoms with Crippen molar-refractivity contribution in [2.24, 2.45) is 0 Å². The number of carbonyl (C=O) groups excluding carboxylic acids is 2. The van der Waals surface area contributed by atoms with Gasteiger partial charge in [-0.15, -0.1) is 0 Å². The number of hydrogen-bond donors (Lipinski definition) is 2. The third-order valence-electron chi connectivity index (χ3n) is 3.51. The normalized spacial score (nSPS) is 11.2. The van der Waals surface area contributed by atoms with Gasteiger partial charge in [0.2, 0.25) is 0 Å². The molecule has 0 unspecified atom stereocenters. The minimum atomic E-state index is -0.536. The van der Waals surface area contributed by atoms with Crippen LogP contribution in [0.1, 0.15) is 56.0 Å². The molecule has 140 valence electrons. The van der Waals surface area contributed by atoms with Crippen LogP contribution in [0.4, 0.5) is 0 Å². The molecule has 0 aromatic heterocycles. The number of para-hydroxylation sites is 1. The number of esters is 2. The Morgan fingerprint density at radius 2 is 1.88 bits per heavy atom. The van der Waals surface area contributed by atoms with Gasteiger partial charge in [0, 0.05) is 0 Å². The Kier molecular flexibility index (Phi) is 8.41. The van der Waals surface area contributed by atoms with Crippen molar-refractivity contribution in [1.29, 1.82) is 0 Å². The van der Waals surface area contributed by atoms with Crippen LogP contribution in [0.3, 0.4) is 0 Å². The molecule has 2 N–H and O–H groups in total. The predicted octanol–water partition coefficient (Wildman–Crippen LogP) is 2.82. The minimum Gasteiger partial charge on any atom is -0.507 e. The van der Waals surface area contributed by atoms with Crippen LogP contribution < -0.4 is 5.32 Å². The first-order valence-corrected chi connectivity index (χ1v) is 8.56. The Morgan fingerprint density at radius 3 is 2.52 bits per heavy atom. The standard InChI is InChI=1S/C19H29NO5/c1-19(2,3)25-16(21)13-20-12-7-5-6-9-14-10-8-11-15(17(14)22)18(23)24-4/h8,10-11,20,22H,5-7,9,12-13H2,1-4H3. The molecule has 6 nitrogen and oxygen atoms in total. The van der Waals surface area contributed by atoms with Crippen LogP contribution in [0.2, 0.25) is 0 Å². The lowest BCUT2D eigenvalue weighted by molar-refractivity contribution is -0.153. The van der Waals surface area contributed by atoms with E-state index in [1.54, 1.807) is 12.1 Å². The topological polar surface area (TPSA) is 84.9 Å². The largest absolute Gasteiger partial charge is 0.507 e. The number of nitrogens with one attached hydrogen (secondary N) is 1. The van der Waals surface area contributed by atoms with E-state index in [0.717, 1.165) is 31.4 Å². The molecule has 0 saturated heterocycles. The van der Waals surface area contributed by atoms with Gasteiger partial charge < -0.3 is 19.9 Å². The van der Waals surface area contributed by atoms with Crippen LogP contribution in [0.25, 0.3) is 0 Å². The highest BCUT2D eigenvalue weighted by molar-refractivity contribution is 5.92. The van der Waals surface area contributed by atoms with Gasteiger partial charge >= 0.3 is 11.9 Å². The first-order valence-electron chi connectivity index (χ1n) is 8.56. The van der Waals surface area contributed by atoms with Gasteiger partial charge in [0.1, 0.15) is 16.9 Å². The van der Waals surface area contributed by atoms with E-state index in [0.29, 0.717) is 6.42 Å². The van der Waals surface area contributed by atoms with Crippen LogP contribution in [0, 0.1) is 0 Å². The molecule has 0 amide bonds. The van der Waals surface area contributed by atoms with Crippen molar-refractivity contribution in [2.45, 2.75) is 52.1 Å². The zero-order valence-electron chi connectivity index (χ0n) is 15.6. The van der Waals surface area contributed by atoms with Crippen molar-refractivity contribution >= 4 is 11.9 Å². The zero-order chi connectivity index (χ0) is 18.9. The predicted molar refractivity (Wildman–Crippen MR) is 95.7 cm³/mol. The Morgan fingerprint density at radius 1 is 1.16 bits per heavy atom. The van der Waals surface area contributed by atoms with Crippen molar-refractivity contribution in [3.8, 4) is 5.75 Å². The maximum atomic E-state index is 11.5.